The third-order valence-electron chi connectivity index (χ3n) is 5.46. The summed E-state index contributed by atoms with van der Waals surface area (Å²) in [6.07, 6.45) is -8.47. The molecule has 0 radical (unpaired) electrons. The number of thiophene rings is 1. The van der Waals surface area contributed by atoms with Crippen molar-refractivity contribution < 1.29 is 45.0 Å². The van der Waals surface area contributed by atoms with E-state index >= 15 is 0 Å². The van der Waals surface area contributed by atoms with E-state index in [1.54, 1.807) is 0 Å². The summed E-state index contributed by atoms with van der Waals surface area (Å²) in [6, 6.07) is 6.80. The molecule has 0 saturated heterocycles. The van der Waals surface area contributed by atoms with Gasteiger partial charge in [0.25, 0.3) is 10.0 Å². The van der Waals surface area contributed by atoms with E-state index in [2.05, 4.69) is 21.9 Å². The van der Waals surface area contributed by atoms with Crippen molar-refractivity contribution in [3.05, 3.63) is 70.4 Å². The summed E-state index contributed by atoms with van der Waals surface area (Å²) in [4.78, 5) is 4.40. The molecule has 4 aromatic rings. The van der Waals surface area contributed by atoms with E-state index in [-0.39, 0.29) is 44.6 Å². The third kappa shape index (κ3) is 6.13. The van der Waals surface area contributed by atoms with Crippen LogP contribution in [-0.4, -0.2) is 63.8 Å². The van der Waals surface area contributed by atoms with Crippen molar-refractivity contribution in [2.24, 2.45) is 0 Å². The van der Waals surface area contributed by atoms with Gasteiger partial charge in [0, 0.05) is 18.7 Å². The summed E-state index contributed by atoms with van der Waals surface area (Å²) >= 11 is 0.772. The first-order chi connectivity index (χ1) is 18.8. The van der Waals surface area contributed by atoms with E-state index in [0.29, 0.717) is 10.6 Å². The number of sulfonamides is 1. The van der Waals surface area contributed by atoms with Gasteiger partial charge < -0.3 is 10.2 Å². The molecule has 3 heterocycles. The molecule has 16 heteroatoms. The van der Waals surface area contributed by atoms with Crippen LogP contribution >= 0.6 is 11.3 Å². The number of aliphatic hydroxyl groups excluding tert-OH is 2. The number of fused-ring (bicyclic) bond motifs is 1. The average molecular weight is 605 g/mol. The van der Waals surface area contributed by atoms with E-state index < -0.39 is 46.8 Å². The maximum absolute atomic E-state index is 13.8. The maximum Gasteiger partial charge on any atom is 0.433 e. The molecule has 212 valence electrons. The number of alkyl halides is 6. The molecule has 0 bridgehead atoms. The predicted octanol–water partition coefficient (Wildman–Crippen LogP) is 3.87. The van der Waals surface area contributed by atoms with Crippen molar-refractivity contribution in [2.75, 3.05) is 26.3 Å². The summed E-state index contributed by atoms with van der Waals surface area (Å²) < 4.78 is 107. The Kier molecular flexibility index (Phi) is 8.24. The second-order valence-corrected chi connectivity index (χ2v) is 11.4. The Bertz CT molecular complexity index is 1680. The molecule has 2 N–H and O–H groups in total. The van der Waals surface area contributed by atoms with Gasteiger partial charge in [0.1, 0.15) is 4.21 Å². The van der Waals surface area contributed by atoms with Crippen LogP contribution in [0, 0.1) is 11.8 Å². The molecule has 0 unspecified atom stereocenters. The monoisotopic (exact) mass is 604 g/mol. The highest BCUT2D eigenvalue weighted by Gasteiger charge is 2.36. The Morgan fingerprint density at radius 3 is 2.15 bits per heavy atom. The lowest BCUT2D eigenvalue weighted by molar-refractivity contribution is -0.142. The zero-order valence-electron chi connectivity index (χ0n) is 20.0. The maximum atomic E-state index is 13.8. The van der Waals surface area contributed by atoms with Gasteiger partial charge in [-0.3, -0.25) is 0 Å². The number of benzene rings is 1. The van der Waals surface area contributed by atoms with Crippen LogP contribution in [0.2, 0.25) is 0 Å². The third-order valence-corrected chi connectivity index (χ3v) is 8.83. The fraction of sp³-hybridized carbons (Fsp3) is 0.250. The molecule has 0 fully saturated rings. The highest BCUT2D eigenvalue weighted by atomic mass is 32.2. The highest BCUT2D eigenvalue weighted by molar-refractivity contribution is 7.91. The number of hydrogen-bond donors (Lipinski definition) is 2. The molecule has 0 aliphatic rings. The fourth-order valence-corrected chi connectivity index (χ4v) is 6.32. The number of rotatable bonds is 7. The molecule has 0 spiro atoms. The van der Waals surface area contributed by atoms with Crippen molar-refractivity contribution in [2.45, 2.75) is 16.6 Å². The molecular formula is C24H18F6N4O4S2. The van der Waals surface area contributed by atoms with E-state index in [4.69, 9.17) is 10.2 Å². The number of halogens is 6. The zero-order valence-corrected chi connectivity index (χ0v) is 21.7. The summed E-state index contributed by atoms with van der Waals surface area (Å²) in [7, 11) is -4.04. The number of hydrogen-bond acceptors (Lipinski definition) is 7. The normalized spacial score (nSPS) is 12.6. The van der Waals surface area contributed by atoms with Crippen LogP contribution in [-0.2, 0) is 22.4 Å². The predicted molar refractivity (Wildman–Crippen MR) is 132 cm³/mol. The molecule has 0 amide bonds. The molecule has 0 aliphatic carbocycles. The van der Waals surface area contributed by atoms with Gasteiger partial charge in [0.05, 0.1) is 41.1 Å². The average Bonchev–Trinajstić information content (AvgIpc) is 3.53. The van der Waals surface area contributed by atoms with Crippen LogP contribution in [0.25, 0.3) is 16.9 Å². The number of aliphatic hydroxyl groups is 2. The lowest BCUT2D eigenvalue weighted by Crippen LogP contribution is -2.35. The van der Waals surface area contributed by atoms with E-state index in [0.717, 1.165) is 46.1 Å². The minimum atomic E-state index is -4.88. The minimum absolute atomic E-state index is 0.00419. The molecule has 1 aromatic carbocycles. The summed E-state index contributed by atoms with van der Waals surface area (Å²) in [6.45, 7) is -1.40. The first-order valence-corrected chi connectivity index (χ1v) is 13.5. The van der Waals surface area contributed by atoms with Gasteiger partial charge in [-0.05, 0) is 30.3 Å². The lowest BCUT2D eigenvalue weighted by atomic mass is 10.1. The van der Waals surface area contributed by atoms with Crippen LogP contribution in [0.1, 0.15) is 21.7 Å². The Balaban J connectivity index is 1.74. The second-order valence-electron chi connectivity index (χ2n) is 8.11. The van der Waals surface area contributed by atoms with Crippen LogP contribution in [0.4, 0.5) is 26.3 Å². The molecule has 4 rings (SSSR count). The minimum Gasteiger partial charge on any atom is -0.395 e. The van der Waals surface area contributed by atoms with Crippen LogP contribution in [0.3, 0.4) is 0 Å². The van der Waals surface area contributed by atoms with Crippen molar-refractivity contribution in [1.29, 1.82) is 0 Å². The molecule has 0 atom stereocenters. The van der Waals surface area contributed by atoms with E-state index in [1.807, 2.05) is 0 Å². The highest BCUT2D eigenvalue weighted by Crippen LogP contribution is 2.34. The SMILES string of the molecule is O=S(=O)(c1ccc(C#Cc2cnn3c(C(F)(F)F)cc(-c4ccc(C(F)(F)F)cc4)nc23)s1)N(CCO)CCO. The standard InChI is InChI=1S/C24H18F6N4O4S2/c25-23(26,27)17-4-1-15(2-5-17)19-13-20(24(28,29)30)34-22(32-19)16(14-31-34)3-6-18-7-8-21(39-18)40(37,38)33(9-11-35)10-12-36/h1-2,4-5,7-8,13-14,35-36H,9-12H2. The van der Waals surface area contributed by atoms with E-state index in [9.17, 15) is 34.8 Å². The molecule has 8 nitrogen and oxygen atoms in total. The lowest BCUT2D eigenvalue weighted by Gasteiger charge is -2.18. The van der Waals surface area contributed by atoms with Crippen LogP contribution in [0.5, 0.6) is 0 Å². The van der Waals surface area contributed by atoms with Gasteiger partial charge in [-0.1, -0.05) is 24.0 Å². The van der Waals surface area contributed by atoms with Crippen molar-refractivity contribution in [3.63, 3.8) is 0 Å². The topological polar surface area (TPSA) is 108 Å². The van der Waals surface area contributed by atoms with Gasteiger partial charge >= 0.3 is 12.4 Å². The van der Waals surface area contributed by atoms with Gasteiger partial charge in [0.2, 0.25) is 0 Å². The Morgan fingerprint density at radius 1 is 0.925 bits per heavy atom. The molecular weight excluding hydrogens is 586 g/mol. The van der Waals surface area contributed by atoms with Crippen LogP contribution in [0.15, 0.2) is 52.9 Å². The zero-order chi connectivity index (χ0) is 29.3. The van der Waals surface area contributed by atoms with Gasteiger partial charge in [0.15, 0.2) is 11.3 Å². The first kappa shape index (κ1) is 29.5. The number of nitrogens with zero attached hydrogens (tertiary/aromatic N) is 4. The molecule has 0 aliphatic heterocycles. The summed E-state index contributed by atoms with van der Waals surface area (Å²) in [5.41, 5.74) is -2.80. The molecule has 40 heavy (non-hydrogen) atoms. The van der Waals surface area contributed by atoms with E-state index in [1.165, 1.54) is 12.1 Å². The summed E-state index contributed by atoms with van der Waals surface area (Å²) in [5.74, 6) is 5.29. The first-order valence-electron chi connectivity index (χ1n) is 11.2. The van der Waals surface area contributed by atoms with Crippen molar-refractivity contribution in [3.8, 4) is 23.1 Å². The van der Waals surface area contributed by atoms with Crippen LogP contribution < -0.4 is 0 Å². The van der Waals surface area contributed by atoms with Crippen molar-refractivity contribution >= 4 is 27.0 Å². The smallest absolute Gasteiger partial charge is 0.395 e. The number of aromatic nitrogens is 3. The van der Waals surface area contributed by atoms with Crippen molar-refractivity contribution in [1.82, 2.24) is 18.9 Å². The quantitative estimate of drug-likeness (QED) is 0.245. The summed E-state index contributed by atoms with van der Waals surface area (Å²) in [5, 5.41) is 22.0. The Hall–Kier alpha value is -3.49. The Labute approximate surface area is 227 Å². The Morgan fingerprint density at radius 2 is 1.57 bits per heavy atom. The fourth-order valence-electron chi connectivity index (χ4n) is 3.59. The van der Waals surface area contributed by atoms with Gasteiger partial charge in [-0.15, -0.1) is 11.3 Å². The molecule has 3 aromatic heterocycles. The second kappa shape index (κ2) is 11.2. The molecule has 0 saturated carbocycles. The largest absolute Gasteiger partial charge is 0.433 e. The van der Waals surface area contributed by atoms with Gasteiger partial charge in [-0.25, -0.2) is 17.9 Å². The van der Waals surface area contributed by atoms with Gasteiger partial charge in [-0.2, -0.15) is 35.7 Å².